The average Bonchev–Trinajstić information content (AvgIpc) is 2.69. The Balaban J connectivity index is 2.52. The highest BCUT2D eigenvalue weighted by Gasteiger charge is 2.32. The van der Waals surface area contributed by atoms with Crippen molar-refractivity contribution in [1.82, 2.24) is 10.2 Å². The number of aromatic amines is 1. The molecule has 1 N–H and O–H groups in total. The van der Waals surface area contributed by atoms with Crippen LogP contribution in [0.4, 0.5) is 13.2 Å². The first kappa shape index (κ1) is 10.7. The van der Waals surface area contributed by atoms with E-state index in [0.29, 0.717) is 11.1 Å². The summed E-state index contributed by atoms with van der Waals surface area (Å²) in [6.45, 7) is 1.45. The van der Waals surface area contributed by atoms with E-state index >= 15 is 0 Å². The van der Waals surface area contributed by atoms with Crippen molar-refractivity contribution in [2.75, 3.05) is 0 Å². The van der Waals surface area contributed by atoms with E-state index < -0.39 is 11.7 Å². The lowest BCUT2D eigenvalue weighted by molar-refractivity contribution is -0.138. The van der Waals surface area contributed by atoms with Gasteiger partial charge in [0.25, 0.3) is 0 Å². The van der Waals surface area contributed by atoms with Crippen LogP contribution < -0.4 is 0 Å². The summed E-state index contributed by atoms with van der Waals surface area (Å²) < 4.78 is 37.9. The zero-order chi connectivity index (χ0) is 11.8. The Morgan fingerprint density at radius 1 is 1.19 bits per heavy atom. The Hall–Kier alpha value is -1.78. The van der Waals surface area contributed by atoms with E-state index in [1.165, 1.54) is 19.2 Å². The molecule has 84 valence electrons. The number of alkyl halides is 3. The van der Waals surface area contributed by atoms with Crippen LogP contribution in [0.3, 0.4) is 0 Å². The molecule has 5 heteroatoms. The molecule has 0 aliphatic heterocycles. The van der Waals surface area contributed by atoms with Crippen molar-refractivity contribution in [3.63, 3.8) is 0 Å². The molecule has 0 aliphatic carbocycles. The van der Waals surface area contributed by atoms with Crippen molar-refractivity contribution >= 4 is 0 Å². The fourth-order valence-electron chi connectivity index (χ4n) is 1.52. The molecule has 1 aromatic carbocycles. The van der Waals surface area contributed by atoms with E-state index in [9.17, 15) is 13.2 Å². The molecule has 1 aromatic heterocycles. The number of hydrogen-bond donors (Lipinski definition) is 1. The number of aryl methyl sites for hydroxylation is 1. The summed E-state index contributed by atoms with van der Waals surface area (Å²) in [6.07, 6.45) is -1.26. The van der Waals surface area contributed by atoms with Crippen molar-refractivity contribution in [3.8, 4) is 11.1 Å². The molecule has 2 nitrogen and oxygen atoms in total. The molecule has 0 fully saturated rings. The van der Waals surface area contributed by atoms with Gasteiger partial charge in [-0.05, 0) is 24.1 Å². The molecule has 0 radical (unpaired) electrons. The molecule has 0 saturated heterocycles. The maximum Gasteiger partial charge on any atom is 0.416 e. The molecular formula is C11H9F3N2. The molecule has 0 unspecified atom stereocenters. The first-order chi connectivity index (χ1) is 7.48. The number of halogens is 3. The van der Waals surface area contributed by atoms with Gasteiger partial charge >= 0.3 is 6.18 Å². The predicted octanol–water partition coefficient (Wildman–Crippen LogP) is 3.40. The molecular weight excluding hydrogens is 217 g/mol. The van der Waals surface area contributed by atoms with Gasteiger partial charge in [-0.1, -0.05) is 12.1 Å². The molecule has 2 rings (SSSR count). The first-order valence-electron chi connectivity index (χ1n) is 4.65. The van der Waals surface area contributed by atoms with E-state index in [0.717, 1.165) is 6.07 Å². The Morgan fingerprint density at radius 3 is 2.50 bits per heavy atom. The number of H-pyrrole nitrogens is 1. The van der Waals surface area contributed by atoms with Crippen LogP contribution in [0.1, 0.15) is 11.1 Å². The summed E-state index contributed by atoms with van der Waals surface area (Å²) in [4.78, 5) is 0. The van der Waals surface area contributed by atoms with Gasteiger partial charge in [-0.3, -0.25) is 5.10 Å². The van der Waals surface area contributed by atoms with Crippen LogP contribution in [0, 0.1) is 6.92 Å². The van der Waals surface area contributed by atoms with Crippen LogP contribution in [0.2, 0.25) is 0 Å². The minimum atomic E-state index is -4.32. The van der Waals surface area contributed by atoms with E-state index in [2.05, 4.69) is 10.2 Å². The zero-order valence-corrected chi connectivity index (χ0v) is 8.47. The van der Waals surface area contributed by atoms with E-state index in [1.807, 2.05) is 0 Å². The third-order valence-corrected chi connectivity index (χ3v) is 2.37. The summed E-state index contributed by atoms with van der Waals surface area (Å²) in [5.74, 6) is 0. The third kappa shape index (κ3) is 1.93. The summed E-state index contributed by atoms with van der Waals surface area (Å²) in [5.41, 5.74) is 0.767. The average molecular weight is 226 g/mol. The van der Waals surface area contributed by atoms with Crippen LogP contribution >= 0.6 is 0 Å². The number of nitrogens with one attached hydrogen (secondary N) is 1. The molecule has 16 heavy (non-hydrogen) atoms. The quantitative estimate of drug-likeness (QED) is 0.793. The minimum Gasteiger partial charge on any atom is -0.285 e. The van der Waals surface area contributed by atoms with Crippen LogP contribution in [-0.4, -0.2) is 10.2 Å². The fraction of sp³-hybridized carbons (Fsp3) is 0.182. The summed E-state index contributed by atoms with van der Waals surface area (Å²) in [5, 5.41) is 6.28. The topological polar surface area (TPSA) is 28.7 Å². The van der Waals surface area contributed by atoms with Gasteiger partial charge < -0.3 is 0 Å². The predicted molar refractivity (Wildman–Crippen MR) is 53.8 cm³/mol. The summed E-state index contributed by atoms with van der Waals surface area (Å²) in [6, 6.07) is 4.25. The van der Waals surface area contributed by atoms with Crippen molar-refractivity contribution in [1.29, 1.82) is 0 Å². The second-order valence-electron chi connectivity index (χ2n) is 3.51. The number of nitrogens with zero attached hydrogens (tertiary/aromatic N) is 1. The monoisotopic (exact) mass is 226 g/mol. The molecule has 0 spiro atoms. The van der Waals surface area contributed by atoms with Crippen molar-refractivity contribution in [2.24, 2.45) is 0 Å². The van der Waals surface area contributed by atoms with E-state index in [4.69, 9.17) is 0 Å². The van der Waals surface area contributed by atoms with Gasteiger partial charge in [0.1, 0.15) is 0 Å². The Morgan fingerprint density at radius 2 is 1.94 bits per heavy atom. The fourth-order valence-corrected chi connectivity index (χ4v) is 1.52. The number of rotatable bonds is 1. The smallest absolute Gasteiger partial charge is 0.285 e. The van der Waals surface area contributed by atoms with Crippen LogP contribution in [-0.2, 0) is 6.18 Å². The first-order valence-corrected chi connectivity index (χ1v) is 4.65. The maximum absolute atomic E-state index is 12.6. The van der Waals surface area contributed by atoms with Gasteiger partial charge in [-0.2, -0.15) is 18.3 Å². The second kappa shape index (κ2) is 3.66. The Kier molecular flexibility index (Phi) is 2.46. The number of aromatic nitrogens is 2. The van der Waals surface area contributed by atoms with Gasteiger partial charge in [0.15, 0.2) is 0 Å². The van der Waals surface area contributed by atoms with Crippen molar-refractivity contribution < 1.29 is 13.2 Å². The lowest BCUT2D eigenvalue weighted by atomic mass is 10.0. The largest absolute Gasteiger partial charge is 0.416 e. The highest BCUT2D eigenvalue weighted by atomic mass is 19.4. The summed E-state index contributed by atoms with van der Waals surface area (Å²) in [7, 11) is 0. The molecule has 0 amide bonds. The van der Waals surface area contributed by atoms with Gasteiger partial charge in [0.05, 0.1) is 11.8 Å². The number of hydrogen-bond acceptors (Lipinski definition) is 1. The maximum atomic E-state index is 12.6. The molecule has 0 saturated carbocycles. The lowest BCUT2D eigenvalue weighted by Gasteiger charge is -2.11. The summed E-state index contributed by atoms with van der Waals surface area (Å²) >= 11 is 0. The molecule has 1 heterocycles. The minimum absolute atomic E-state index is 0.222. The zero-order valence-electron chi connectivity index (χ0n) is 8.47. The lowest BCUT2D eigenvalue weighted by Crippen LogP contribution is -2.07. The highest BCUT2D eigenvalue weighted by Crippen LogP contribution is 2.34. The van der Waals surface area contributed by atoms with Crippen LogP contribution in [0.5, 0.6) is 0 Å². The van der Waals surface area contributed by atoms with Crippen molar-refractivity contribution in [2.45, 2.75) is 13.1 Å². The van der Waals surface area contributed by atoms with Gasteiger partial charge in [-0.25, -0.2) is 0 Å². The molecule has 2 aromatic rings. The van der Waals surface area contributed by atoms with E-state index in [-0.39, 0.29) is 5.56 Å². The number of benzene rings is 1. The normalized spacial score (nSPS) is 11.8. The Labute approximate surface area is 90.1 Å². The highest BCUT2D eigenvalue weighted by molar-refractivity contribution is 5.63. The van der Waals surface area contributed by atoms with Crippen LogP contribution in [0.15, 0.2) is 30.6 Å². The van der Waals surface area contributed by atoms with E-state index in [1.54, 1.807) is 12.3 Å². The third-order valence-electron chi connectivity index (χ3n) is 2.37. The van der Waals surface area contributed by atoms with Gasteiger partial charge in [0, 0.05) is 11.8 Å². The molecule has 0 aliphatic rings. The SMILES string of the molecule is Cc1ccc(-c2cn[nH]c2)cc1C(F)(F)F. The van der Waals surface area contributed by atoms with Gasteiger partial charge in [-0.15, -0.1) is 0 Å². The van der Waals surface area contributed by atoms with Crippen LogP contribution in [0.25, 0.3) is 11.1 Å². The van der Waals surface area contributed by atoms with Gasteiger partial charge in [0.2, 0.25) is 0 Å². The Bertz CT molecular complexity index is 486. The molecule has 0 bridgehead atoms. The second-order valence-corrected chi connectivity index (χ2v) is 3.51. The standard InChI is InChI=1S/C11H9F3N2/c1-7-2-3-8(9-5-15-16-6-9)4-10(7)11(12,13)14/h2-6H,1H3,(H,15,16). The molecule has 0 atom stereocenters. The van der Waals surface area contributed by atoms with Crippen molar-refractivity contribution in [3.05, 3.63) is 41.7 Å².